The first-order valence-corrected chi connectivity index (χ1v) is 7.43. The van der Waals surface area contributed by atoms with Crippen molar-refractivity contribution >= 4 is 46.4 Å². The van der Waals surface area contributed by atoms with E-state index >= 15 is 0 Å². The van der Waals surface area contributed by atoms with Crippen LogP contribution in [0.4, 0.5) is 11.4 Å². The van der Waals surface area contributed by atoms with Crippen LogP contribution >= 0.6 is 23.2 Å². The van der Waals surface area contributed by atoms with Crippen LogP contribution in [0.1, 0.15) is 11.1 Å². The van der Waals surface area contributed by atoms with Crippen LogP contribution in [0.5, 0.6) is 0 Å². The van der Waals surface area contributed by atoms with Crippen LogP contribution in [0.3, 0.4) is 0 Å². The van der Waals surface area contributed by atoms with Crippen LogP contribution in [0.15, 0.2) is 36.4 Å². The second kappa shape index (κ2) is 5.99. The van der Waals surface area contributed by atoms with Gasteiger partial charge in [0, 0.05) is 21.4 Å². The molecule has 2 amide bonds. The molecule has 0 radical (unpaired) electrons. The quantitative estimate of drug-likeness (QED) is 0.899. The molecule has 2 N–H and O–H groups in total. The van der Waals surface area contributed by atoms with Gasteiger partial charge >= 0.3 is 0 Å². The molecule has 112 valence electrons. The molecule has 4 nitrogen and oxygen atoms in total. The third kappa shape index (κ3) is 3.40. The Labute approximate surface area is 137 Å². The van der Waals surface area contributed by atoms with Gasteiger partial charge in [-0.25, -0.2) is 0 Å². The Bertz CT molecular complexity index is 754. The lowest BCUT2D eigenvalue weighted by atomic mass is 10.1. The van der Waals surface area contributed by atoms with E-state index in [9.17, 15) is 9.59 Å². The summed E-state index contributed by atoms with van der Waals surface area (Å²) in [4.78, 5) is 23.4. The molecule has 0 aromatic heterocycles. The average Bonchev–Trinajstić information content (AvgIpc) is 2.76. The fourth-order valence-corrected chi connectivity index (χ4v) is 2.94. The molecule has 2 aromatic carbocycles. The largest absolute Gasteiger partial charge is 0.326 e. The number of anilines is 2. The highest BCUT2D eigenvalue weighted by molar-refractivity contribution is 6.35. The topological polar surface area (TPSA) is 58.2 Å². The smallest absolute Gasteiger partial charge is 0.228 e. The minimum Gasteiger partial charge on any atom is -0.326 e. The van der Waals surface area contributed by atoms with Crippen LogP contribution in [-0.4, -0.2) is 11.8 Å². The fourth-order valence-electron chi connectivity index (χ4n) is 2.41. The molecule has 1 aliphatic heterocycles. The number of fused-ring (bicyclic) bond motifs is 1. The predicted octanol–water partition coefficient (Wildman–Crippen LogP) is 3.67. The Kier molecular flexibility index (Phi) is 4.05. The van der Waals surface area contributed by atoms with E-state index in [1.165, 1.54) is 0 Å². The summed E-state index contributed by atoms with van der Waals surface area (Å²) in [6, 6.07) is 10.4. The molecule has 0 bridgehead atoms. The Morgan fingerprint density at radius 2 is 1.86 bits per heavy atom. The summed E-state index contributed by atoms with van der Waals surface area (Å²) in [6.07, 6.45) is 0.570. The molecule has 0 unspecified atom stereocenters. The van der Waals surface area contributed by atoms with Gasteiger partial charge in [-0.05, 0) is 35.4 Å². The number of hydrogen-bond acceptors (Lipinski definition) is 2. The Hall–Kier alpha value is -2.04. The monoisotopic (exact) mass is 334 g/mol. The van der Waals surface area contributed by atoms with Crippen molar-refractivity contribution in [2.45, 2.75) is 12.8 Å². The minimum atomic E-state index is -0.171. The van der Waals surface area contributed by atoms with Gasteiger partial charge in [0.1, 0.15) is 0 Å². The molecule has 0 spiro atoms. The first-order valence-electron chi connectivity index (χ1n) is 6.67. The fraction of sp³-hybridized carbons (Fsp3) is 0.125. The highest BCUT2D eigenvalue weighted by Crippen LogP contribution is 2.25. The van der Waals surface area contributed by atoms with Gasteiger partial charge in [0.2, 0.25) is 11.8 Å². The lowest BCUT2D eigenvalue weighted by Gasteiger charge is -2.07. The molecular formula is C16H12Cl2N2O2. The summed E-state index contributed by atoms with van der Waals surface area (Å²) in [5.41, 5.74) is 3.14. The summed E-state index contributed by atoms with van der Waals surface area (Å²) in [7, 11) is 0. The van der Waals surface area contributed by atoms with E-state index < -0.39 is 0 Å². The van der Waals surface area contributed by atoms with Crippen molar-refractivity contribution in [1.82, 2.24) is 0 Å². The number of hydrogen-bond donors (Lipinski definition) is 2. The maximum absolute atomic E-state index is 12.1. The molecule has 1 aliphatic rings. The van der Waals surface area contributed by atoms with Crippen molar-refractivity contribution in [1.29, 1.82) is 0 Å². The highest BCUT2D eigenvalue weighted by atomic mass is 35.5. The number of nitrogens with one attached hydrogen (secondary N) is 2. The second-order valence-electron chi connectivity index (χ2n) is 5.10. The van der Waals surface area contributed by atoms with Gasteiger partial charge < -0.3 is 10.6 Å². The van der Waals surface area contributed by atoms with Crippen molar-refractivity contribution < 1.29 is 9.59 Å². The van der Waals surface area contributed by atoms with E-state index in [0.29, 0.717) is 22.2 Å². The summed E-state index contributed by atoms with van der Waals surface area (Å²) in [6.45, 7) is 0. The van der Waals surface area contributed by atoms with Crippen molar-refractivity contribution in [2.24, 2.45) is 0 Å². The van der Waals surface area contributed by atoms with E-state index in [2.05, 4.69) is 10.6 Å². The molecule has 22 heavy (non-hydrogen) atoms. The predicted molar refractivity (Wildman–Crippen MR) is 87.6 cm³/mol. The summed E-state index contributed by atoms with van der Waals surface area (Å²) in [5.74, 6) is -0.194. The van der Waals surface area contributed by atoms with Crippen molar-refractivity contribution in [3.05, 3.63) is 57.6 Å². The lowest BCUT2D eigenvalue weighted by Crippen LogP contribution is -2.14. The SMILES string of the molecule is O=C(Cc1ccc2c(c1)CC(=O)N2)Nc1cc(Cl)cc(Cl)c1. The zero-order valence-corrected chi connectivity index (χ0v) is 13.0. The molecule has 0 saturated heterocycles. The highest BCUT2D eigenvalue weighted by Gasteiger charge is 2.18. The van der Waals surface area contributed by atoms with Gasteiger partial charge in [0.15, 0.2) is 0 Å². The average molecular weight is 335 g/mol. The van der Waals surface area contributed by atoms with Crippen molar-refractivity contribution in [3.8, 4) is 0 Å². The van der Waals surface area contributed by atoms with Crippen molar-refractivity contribution in [3.63, 3.8) is 0 Å². The summed E-state index contributed by atoms with van der Waals surface area (Å²) in [5, 5.41) is 6.45. The van der Waals surface area contributed by atoms with Crippen LogP contribution in [0.2, 0.25) is 10.0 Å². The van der Waals surface area contributed by atoms with Gasteiger partial charge in [-0.2, -0.15) is 0 Å². The number of carbonyl (C=O) groups excluding carboxylic acids is 2. The number of benzene rings is 2. The first kappa shape index (κ1) is 14.9. The van der Waals surface area contributed by atoms with E-state index in [4.69, 9.17) is 23.2 Å². The summed E-state index contributed by atoms with van der Waals surface area (Å²) < 4.78 is 0. The number of rotatable bonds is 3. The molecule has 1 heterocycles. The molecule has 0 saturated carbocycles. The zero-order chi connectivity index (χ0) is 15.7. The number of halogens is 2. The van der Waals surface area contributed by atoms with E-state index in [1.54, 1.807) is 18.2 Å². The van der Waals surface area contributed by atoms with E-state index in [-0.39, 0.29) is 18.2 Å². The molecular weight excluding hydrogens is 323 g/mol. The van der Waals surface area contributed by atoms with Crippen LogP contribution < -0.4 is 10.6 Å². The maximum Gasteiger partial charge on any atom is 0.228 e. The zero-order valence-electron chi connectivity index (χ0n) is 11.5. The van der Waals surface area contributed by atoms with Gasteiger partial charge in [-0.1, -0.05) is 35.3 Å². The van der Waals surface area contributed by atoms with E-state index in [1.807, 2.05) is 18.2 Å². The number of amides is 2. The first-order chi connectivity index (χ1) is 10.5. The maximum atomic E-state index is 12.1. The van der Waals surface area contributed by atoms with Crippen LogP contribution in [0.25, 0.3) is 0 Å². The van der Waals surface area contributed by atoms with Gasteiger partial charge in [-0.15, -0.1) is 0 Å². The third-order valence-electron chi connectivity index (χ3n) is 3.31. The number of carbonyl (C=O) groups is 2. The minimum absolute atomic E-state index is 0.0230. The molecule has 3 rings (SSSR count). The summed E-state index contributed by atoms with van der Waals surface area (Å²) >= 11 is 11.8. The molecule has 0 atom stereocenters. The van der Waals surface area contributed by atoms with Crippen molar-refractivity contribution in [2.75, 3.05) is 10.6 Å². The molecule has 0 aliphatic carbocycles. The Morgan fingerprint density at radius 1 is 1.14 bits per heavy atom. The normalized spacial score (nSPS) is 12.7. The Morgan fingerprint density at radius 3 is 2.59 bits per heavy atom. The third-order valence-corrected chi connectivity index (χ3v) is 3.74. The lowest BCUT2D eigenvalue weighted by molar-refractivity contribution is -0.116. The van der Waals surface area contributed by atoms with E-state index in [0.717, 1.165) is 16.8 Å². The van der Waals surface area contributed by atoms with Gasteiger partial charge in [0.25, 0.3) is 0 Å². The molecule has 0 fully saturated rings. The van der Waals surface area contributed by atoms with Gasteiger partial charge in [-0.3, -0.25) is 9.59 Å². The molecule has 6 heteroatoms. The molecule has 2 aromatic rings. The standard InChI is InChI=1S/C16H12Cl2N2O2/c17-11-6-12(18)8-13(7-11)19-15(21)4-9-1-2-14-10(3-9)5-16(22)20-14/h1-3,6-8H,4-5H2,(H,19,21)(H,20,22). The van der Waals surface area contributed by atoms with Gasteiger partial charge in [0.05, 0.1) is 12.8 Å². The Balaban J connectivity index is 1.69. The van der Waals surface area contributed by atoms with Crippen LogP contribution in [-0.2, 0) is 22.4 Å². The van der Waals surface area contributed by atoms with Crippen LogP contribution in [0, 0.1) is 0 Å². The second-order valence-corrected chi connectivity index (χ2v) is 5.97.